The van der Waals surface area contributed by atoms with Crippen molar-refractivity contribution in [1.29, 1.82) is 0 Å². The van der Waals surface area contributed by atoms with Crippen LogP contribution in [0.15, 0.2) is 39.4 Å². The minimum Gasteiger partial charge on any atom is -0.337 e. The summed E-state index contributed by atoms with van der Waals surface area (Å²) < 4.78 is 8.06. The Kier molecular flexibility index (Phi) is 3.57. The quantitative estimate of drug-likeness (QED) is 0.769. The third-order valence-corrected chi connectivity index (χ3v) is 4.40. The highest BCUT2D eigenvalue weighted by molar-refractivity contribution is 6.35. The first kappa shape index (κ1) is 15.8. The van der Waals surface area contributed by atoms with Crippen molar-refractivity contribution in [2.24, 2.45) is 4.99 Å². The molecule has 1 aliphatic carbocycles. The maximum atomic E-state index is 12.5. The van der Waals surface area contributed by atoms with Gasteiger partial charge < -0.3 is 4.52 Å². The van der Waals surface area contributed by atoms with Crippen molar-refractivity contribution in [2.45, 2.75) is 33.1 Å². The molecule has 1 amide bonds. The van der Waals surface area contributed by atoms with Crippen molar-refractivity contribution in [3.63, 3.8) is 0 Å². The van der Waals surface area contributed by atoms with Crippen molar-refractivity contribution in [1.82, 2.24) is 24.1 Å². The van der Waals surface area contributed by atoms with Crippen molar-refractivity contribution in [2.75, 3.05) is 0 Å². The number of carbonyl (C=O) groups excluding carboxylic acids is 1. The minimum atomic E-state index is -0.312. The summed E-state index contributed by atoms with van der Waals surface area (Å²) in [6, 6.07) is 0. The number of nitrogens with zero attached hydrogens (tertiary/aromatic N) is 6. The number of hydrogen-bond donors (Lipinski definition) is 0. The van der Waals surface area contributed by atoms with Gasteiger partial charge in [-0.15, -0.1) is 0 Å². The number of hydrogen-bond acceptors (Lipinski definition) is 6. The molecule has 0 unspecified atom stereocenters. The molecule has 0 saturated heterocycles. The monoisotopic (exact) mass is 358 g/mol. The fraction of sp³-hybridized carbons (Fsp3) is 0.312. The summed E-state index contributed by atoms with van der Waals surface area (Å²) in [5.74, 6) is 0.804. The molecule has 2 aromatic rings. The number of fused-ring (bicyclic) bond motifs is 3. The van der Waals surface area contributed by atoms with Crippen LogP contribution in [0.1, 0.15) is 44.0 Å². The Labute approximate surface area is 148 Å². The number of rotatable bonds is 2. The molecule has 0 atom stereocenters. The number of aromatic nitrogens is 4. The van der Waals surface area contributed by atoms with Gasteiger partial charge in [0.05, 0.1) is 11.3 Å². The summed E-state index contributed by atoms with van der Waals surface area (Å²) in [6.45, 7) is 5.85. The fourth-order valence-electron chi connectivity index (χ4n) is 2.88. The lowest BCUT2D eigenvalue weighted by molar-refractivity contribution is -0.120. The molecule has 2 aliphatic rings. The lowest BCUT2D eigenvalue weighted by Gasteiger charge is -2.19. The van der Waals surface area contributed by atoms with Crippen molar-refractivity contribution in [3.8, 4) is 5.95 Å². The fourth-order valence-corrected chi connectivity index (χ4v) is 3.02. The van der Waals surface area contributed by atoms with Gasteiger partial charge in [0.15, 0.2) is 0 Å². The van der Waals surface area contributed by atoms with Crippen LogP contribution in [-0.2, 0) is 11.2 Å². The van der Waals surface area contributed by atoms with Gasteiger partial charge in [0.2, 0.25) is 5.89 Å². The van der Waals surface area contributed by atoms with Crippen molar-refractivity contribution < 1.29 is 9.32 Å². The average molecular weight is 359 g/mol. The normalized spacial score (nSPS) is 16.9. The van der Waals surface area contributed by atoms with Crippen LogP contribution in [0.5, 0.6) is 0 Å². The number of halogens is 1. The van der Waals surface area contributed by atoms with Gasteiger partial charge in [-0.3, -0.25) is 14.4 Å². The van der Waals surface area contributed by atoms with Crippen LogP contribution in [0.4, 0.5) is 0 Å². The molecule has 128 valence electrons. The molecule has 0 N–H and O–H groups in total. The molecule has 0 fully saturated rings. The Morgan fingerprint density at radius 3 is 2.88 bits per heavy atom. The van der Waals surface area contributed by atoms with E-state index in [4.69, 9.17) is 16.3 Å². The molecule has 3 heterocycles. The summed E-state index contributed by atoms with van der Waals surface area (Å²) in [5.41, 5.74) is 3.34. The molecule has 1 aliphatic heterocycles. The number of allylic oxidation sites excluding steroid dienone is 1. The van der Waals surface area contributed by atoms with Gasteiger partial charge in [-0.2, -0.15) is 4.98 Å². The lowest BCUT2D eigenvalue weighted by Crippen LogP contribution is -2.27. The second-order valence-electron chi connectivity index (χ2n) is 6.22. The summed E-state index contributed by atoms with van der Waals surface area (Å²) >= 11 is 5.95. The Morgan fingerprint density at radius 2 is 2.16 bits per heavy atom. The predicted octanol–water partition coefficient (Wildman–Crippen LogP) is 2.51. The van der Waals surface area contributed by atoms with E-state index >= 15 is 0 Å². The molecular formula is C16H15ClN6O2. The highest BCUT2D eigenvalue weighted by atomic mass is 35.5. The molecule has 0 saturated carbocycles. The van der Waals surface area contributed by atoms with E-state index in [0.29, 0.717) is 35.2 Å². The number of carbonyl (C=O) groups is 1. The van der Waals surface area contributed by atoms with Crippen LogP contribution in [0.25, 0.3) is 5.95 Å². The topological polar surface area (TPSA) is 89.4 Å². The van der Waals surface area contributed by atoms with Gasteiger partial charge in [0.25, 0.3) is 11.9 Å². The third-order valence-electron chi connectivity index (χ3n) is 4.14. The Balaban J connectivity index is 1.83. The molecule has 8 nitrogen and oxygen atoms in total. The summed E-state index contributed by atoms with van der Waals surface area (Å²) in [5, 5.41) is 4.03. The second-order valence-corrected chi connectivity index (χ2v) is 6.59. The Bertz CT molecular complexity index is 965. The molecule has 0 spiro atoms. The average Bonchev–Trinajstić information content (AvgIpc) is 3.17. The summed E-state index contributed by atoms with van der Waals surface area (Å²) in [4.78, 5) is 25.7. The van der Waals surface area contributed by atoms with Gasteiger partial charge in [0, 0.05) is 36.5 Å². The summed E-state index contributed by atoms with van der Waals surface area (Å²) in [7, 11) is 0. The first-order valence-corrected chi connectivity index (χ1v) is 8.15. The standard InChI is InChI=1S/C16H15ClN6O2/c1-8(2)14-20-16(21-25-14)22-7-19-12-10(22)6-9(3)11-13(12)18-4-5-23(17)15(11)24/h4-5,7-8H,6H2,1-3H3. The SMILES string of the molecule is CC1=C2C(=O)N(Cl)C=CN=C2c2ncn(-c3noc(C(C)C)n3)c2C1. The molecule has 9 heteroatoms. The van der Waals surface area contributed by atoms with E-state index in [9.17, 15) is 4.79 Å². The van der Waals surface area contributed by atoms with Gasteiger partial charge in [0.1, 0.15) is 17.7 Å². The summed E-state index contributed by atoms with van der Waals surface area (Å²) in [6.07, 6.45) is 5.04. The minimum absolute atomic E-state index is 0.137. The van der Waals surface area contributed by atoms with Crippen LogP contribution in [-0.4, -0.2) is 35.7 Å². The van der Waals surface area contributed by atoms with E-state index in [1.165, 1.54) is 12.4 Å². The van der Waals surface area contributed by atoms with Gasteiger partial charge in [-0.05, 0) is 12.1 Å². The molecule has 25 heavy (non-hydrogen) atoms. The van der Waals surface area contributed by atoms with Crippen molar-refractivity contribution >= 4 is 23.4 Å². The first-order chi connectivity index (χ1) is 12.0. The zero-order chi connectivity index (χ0) is 17.7. The van der Waals surface area contributed by atoms with Crippen LogP contribution >= 0.6 is 11.8 Å². The van der Waals surface area contributed by atoms with Crippen LogP contribution < -0.4 is 0 Å². The first-order valence-electron chi connectivity index (χ1n) is 7.82. The van der Waals surface area contributed by atoms with Gasteiger partial charge in [-0.25, -0.2) is 9.40 Å². The van der Waals surface area contributed by atoms with Crippen LogP contribution in [0.3, 0.4) is 0 Å². The van der Waals surface area contributed by atoms with Gasteiger partial charge >= 0.3 is 0 Å². The maximum Gasteiger partial charge on any atom is 0.275 e. The highest BCUT2D eigenvalue weighted by Gasteiger charge is 2.34. The molecule has 0 bridgehead atoms. The van der Waals surface area contributed by atoms with E-state index in [-0.39, 0.29) is 11.8 Å². The van der Waals surface area contributed by atoms with E-state index in [1.54, 1.807) is 10.9 Å². The van der Waals surface area contributed by atoms with Crippen LogP contribution in [0.2, 0.25) is 0 Å². The Hall–Kier alpha value is -2.74. The van der Waals surface area contributed by atoms with E-state index in [1.807, 2.05) is 20.8 Å². The zero-order valence-corrected chi connectivity index (χ0v) is 14.7. The van der Waals surface area contributed by atoms with Crippen molar-refractivity contribution in [3.05, 3.63) is 47.2 Å². The molecule has 0 radical (unpaired) electrons. The predicted molar refractivity (Wildman–Crippen MR) is 90.3 cm³/mol. The van der Waals surface area contributed by atoms with Crippen LogP contribution in [0, 0.1) is 0 Å². The number of amides is 1. The smallest absolute Gasteiger partial charge is 0.275 e. The second kappa shape index (κ2) is 5.66. The number of aliphatic imine (C=N–C) groups is 1. The largest absolute Gasteiger partial charge is 0.337 e. The molecular weight excluding hydrogens is 344 g/mol. The molecule has 0 aromatic carbocycles. The third kappa shape index (κ3) is 2.41. The molecule has 4 rings (SSSR count). The Morgan fingerprint density at radius 1 is 1.36 bits per heavy atom. The highest BCUT2D eigenvalue weighted by Crippen LogP contribution is 2.30. The van der Waals surface area contributed by atoms with E-state index in [2.05, 4.69) is 20.1 Å². The maximum absolute atomic E-state index is 12.5. The van der Waals surface area contributed by atoms with Gasteiger partial charge in [-0.1, -0.05) is 19.4 Å². The lowest BCUT2D eigenvalue weighted by atomic mass is 9.90. The zero-order valence-electron chi connectivity index (χ0n) is 13.9. The number of imidazole rings is 1. The molecule has 2 aromatic heterocycles. The van der Waals surface area contributed by atoms with E-state index < -0.39 is 0 Å². The van der Waals surface area contributed by atoms with E-state index in [0.717, 1.165) is 15.7 Å².